The Morgan fingerprint density at radius 2 is 2.22 bits per heavy atom. The number of nitrogens with zero attached hydrogens (tertiary/aromatic N) is 1. The Morgan fingerprint density at radius 3 is 2.83 bits per heavy atom. The van der Waals surface area contributed by atoms with E-state index in [2.05, 4.69) is 4.98 Å². The molecule has 0 aliphatic rings. The molecule has 0 spiro atoms. The zero-order valence-corrected chi connectivity index (χ0v) is 9.96. The van der Waals surface area contributed by atoms with Gasteiger partial charge in [0.25, 0.3) is 0 Å². The number of carboxylic acids is 1. The van der Waals surface area contributed by atoms with Gasteiger partial charge in [-0.15, -0.1) is 0 Å². The van der Waals surface area contributed by atoms with E-state index in [1.165, 1.54) is 6.07 Å². The average Bonchev–Trinajstić information content (AvgIpc) is 2.38. The third-order valence-electron chi connectivity index (χ3n) is 2.54. The predicted octanol–water partition coefficient (Wildman–Crippen LogP) is 2.67. The van der Waals surface area contributed by atoms with Crippen LogP contribution in [-0.4, -0.2) is 16.1 Å². The van der Waals surface area contributed by atoms with Crippen LogP contribution in [0.2, 0.25) is 0 Å². The van der Waals surface area contributed by atoms with Crippen LogP contribution in [0.25, 0.3) is 0 Å². The topological polar surface area (TPSA) is 59.4 Å². The molecule has 92 valence electrons. The summed E-state index contributed by atoms with van der Waals surface area (Å²) >= 11 is 0. The molecule has 0 saturated heterocycles. The number of aryl methyl sites for hydroxylation is 1. The van der Waals surface area contributed by atoms with Gasteiger partial charge in [0.1, 0.15) is 12.4 Å². The lowest BCUT2D eigenvalue weighted by molar-refractivity contribution is 0.0696. The summed E-state index contributed by atoms with van der Waals surface area (Å²) in [7, 11) is 0. The fourth-order valence-electron chi connectivity index (χ4n) is 1.59. The molecule has 0 radical (unpaired) electrons. The summed E-state index contributed by atoms with van der Waals surface area (Å²) in [5.41, 5.74) is 2.04. The summed E-state index contributed by atoms with van der Waals surface area (Å²) in [6.07, 6.45) is 3.44. The molecule has 1 aromatic carbocycles. The number of pyridine rings is 1. The Kier molecular flexibility index (Phi) is 3.57. The smallest absolute Gasteiger partial charge is 0.335 e. The minimum absolute atomic E-state index is 0.265. The summed E-state index contributed by atoms with van der Waals surface area (Å²) in [5.74, 6) is -0.249. The van der Waals surface area contributed by atoms with E-state index in [-0.39, 0.29) is 5.56 Å². The third-order valence-corrected chi connectivity index (χ3v) is 2.54. The van der Waals surface area contributed by atoms with Crippen LogP contribution in [0, 0.1) is 6.92 Å². The second-order valence-electron chi connectivity index (χ2n) is 3.94. The summed E-state index contributed by atoms with van der Waals surface area (Å²) < 4.78 is 5.62. The summed E-state index contributed by atoms with van der Waals surface area (Å²) in [6, 6.07) is 8.58. The van der Waals surface area contributed by atoms with Crippen molar-refractivity contribution < 1.29 is 14.6 Å². The second-order valence-corrected chi connectivity index (χ2v) is 3.94. The zero-order valence-electron chi connectivity index (χ0n) is 9.96. The van der Waals surface area contributed by atoms with Crippen molar-refractivity contribution in [3.05, 3.63) is 59.4 Å². The van der Waals surface area contributed by atoms with E-state index < -0.39 is 5.97 Å². The van der Waals surface area contributed by atoms with Crippen LogP contribution in [0.15, 0.2) is 42.7 Å². The summed E-state index contributed by atoms with van der Waals surface area (Å²) in [5, 5.41) is 8.86. The largest absolute Gasteiger partial charge is 0.489 e. The van der Waals surface area contributed by atoms with E-state index in [1.807, 2.05) is 19.1 Å². The van der Waals surface area contributed by atoms with Crippen LogP contribution in [0.1, 0.15) is 21.5 Å². The Balaban J connectivity index is 2.08. The average molecular weight is 243 g/mol. The monoisotopic (exact) mass is 243 g/mol. The maximum atomic E-state index is 10.8. The van der Waals surface area contributed by atoms with E-state index >= 15 is 0 Å². The highest BCUT2D eigenvalue weighted by Crippen LogP contribution is 2.20. The molecule has 0 unspecified atom stereocenters. The molecule has 0 aliphatic heterocycles. The summed E-state index contributed by atoms with van der Waals surface area (Å²) in [6.45, 7) is 2.24. The van der Waals surface area contributed by atoms with Gasteiger partial charge in [-0.05, 0) is 36.8 Å². The van der Waals surface area contributed by atoms with Gasteiger partial charge in [0.2, 0.25) is 0 Å². The lowest BCUT2D eigenvalue weighted by Gasteiger charge is -2.09. The van der Waals surface area contributed by atoms with Gasteiger partial charge in [0, 0.05) is 18.0 Å². The molecular weight excluding hydrogens is 230 g/mol. The lowest BCUT2D eigenvalue weighted by atomic mass is 10.1. The molecule has 0 saturated carbocycles. The van der Waals surface area contributed by atoms with Gasteiger partial charge in [-0.25, -0.2) is 4.79 Å². The van der Waals surface area contributed by atoms with Gasteiger partial charge in [0.15, 0.2) is 0 Å². The molecule has 1 aromatic heterocycles. The molecule has 0 atom stereocenters. The van der Waals surface area contributed by atoms with Crippen molar-refractivity contribution in [1.82, 2.24) is 4.98 Å². The molecular formula is C14H13NO3. The molecule has 18 heavy (non-hydrogen) atoms. The van der Waals surface area contributed by atoms with E-state index in [0.29, 0.717) is 12.4 Å². The highest BCUT2D eigenvalue weighted by atomic mass is 16.5. The van der Waals surface area contributed by atoms with Gasteiger partial charge >= 0.3 is 5.97 Å². The van der Waals surface area contributed by atoms with E-state index in [9.17, 15) is 4.79 Å². The quantitative estimate of drug-likeness (QED) is 0.896. The van der Waals surface area contributed by atoms with Crippen molar-refractivity contribution in [2.45, 2.75) is 13.5 Å². The first kappa shape index (κ1) is 12.1. The number of aromatic nitrogens is 1. The number of carbonyl (C=O) groups is 1. The number of benzene rings is 1. The Morgan fingerprint density at radius 1 is 1.39 bits per heavy atom. The van der Waals surface area contributed by atoms with E-state index in [1.54, 1.807) is 24.5 Å². The molecule has 0 bridgehead atoms. The van der Waals surface area contributed by atoms with Crippen LogP contribution < -0.4 is 4.74 Å². The Hall–Kier alpha value is -2.36. The van der Waals surface area contributed by atoms with Crippen molar-refractivity contribution in [1.29, 1.82) is 0 Å². The fourth-order valence-corrected chi connectivity index (χ4v) is 1.59. The number of ether oxygens (including phenoxy) is 1. The SMILES string of the molecule is Cc1cc(C(=O)O)ccc1OCc1cccnc1. The van der Waals surface area contributed by atoms with E-state index in [0.717, 1.165) is 11.1 Å². The van der Waals surface area contributed by atoms with Gasteiger partial charge in [-0.1, -0.05) is 6.07 Å². The first-order valence-corrected chi connectivity index (χ1v) is 5.52. The molecule has 4 heteroatoms. The number of carboxylic acid groups (broad SMARTS) is 1. The van der Waals surface area contributed by atoms with Crippen LogP contribution in [0.3, 0.4) is 0 Å². The molecule has 0 fully saturated rings. The molecule has 2 rings (SSSR count). The van der Waals surface area contributed by atoms with E-state index in [4.69, 9.17) is 9.84 Å². The van der Waals surface area contributed by atoms with Crippen molar-refractivity contribution >= 4 is 5.97 Å². The molecule has 4 nitrogen and oxygen atoms in total. The molecule has 1 N–H and O–H groups in total. The maximum absolute atomic E-state index is 10.8. The number of rotatable bonds is 4. The Labute approximate surface area is 105 Å². The van der Waals surface area contributed by atoms with Crippen LogP contribution in [0.4, 0.5) is 0 Å². The maximum Gasteiger partial charge on any atom is 0.335 e. The highest BCUT2D eigenvalue weighted by Gasteiger charge is 2.06. The predicted molar refractivity (Wildman–Crippen MR) is 66.7 cm³/mol. The standard InChI is InChI=1S/C14H13NO3/c1-10-7-12(14(16)17)4-5-13(10)18-9-11-3-2-6-15-8-11/h2-8H,9H2,1H3,(H,16,17). The first-order valence-electron chi connectivity index (χ1n) is 5.52. The molecule has 1 heterocycles. The van der Waals surface area contributed by atoms with Crippen molar-refractivity contribution in [3.63, 3.8) is 0 Å². The Bertz CT molecular complexity index is 552. The minimum atomic E-state index is -0.933. The number of hydrogen-bond acceptors (Lipinski definition) is 3. The normalized spacial score (nSPS) is 10.1. The third kappa shape index (κ3) is 2.85. The molecule has 0 aliphatic carbocycles. The number of aromatic carboxylic acids is 1. The lowest BCUT2D eigenvalue weighted by Crippen LogP contribution is -2.00. The molecule has 0 amide bonds. The highest BCUT2D eigenvalue weighted by molar-refractivity contribution is 5.88. The van der Waals surface area contributed by atoms with Gasteiger partial charge in [-0.2, -0.15) is 0 Å². The summed E-state index contributed by atoms with van der Waals surface area (Å²) in [4.78, 5) is 14.8. The zero-order chi connectivity index (χ0) is 13.0. The van der Waals surface area contributed by atoms with Gasteiger partial charge < -0.3 is 9.84 Å². The van der Waals surface area contributed by atoms with Gasteiger partial charge in [-0.3, -0.25) is 4.98 Å². The number of hydrogen-bond donors (Lipinski definition) is 1. The van der Waals surface area contributed by atoms with Crippen molar-refractivity contribution in [2.75, 3.05) is 0 Å². The molecule has 2 aromatic rings. The van der Waals surface area contributed by atoms with Crippen LogP contribution >= 0.6 is 0 Å². The van der Waals surface area contributed by atoms with Crippen molar-refractivity contribution in [3.8, 4) is 5.75 Å². The fraction of sp³-hybridized carbons (Fsp3) is 0.143. The van der Waals surface area contributed by atoms with Crippen molar-refractivity contribution in [2.24, 2.45) is 0 Å². The van der Waals surface area contributed by atoms with Crippen LogP contribution in [-0.2, 0) is 6.61 Å². The minimum Gasteiger partial charge on any atom is -0.489 e. The van der Waals surface area contributed by atoms with Crippen LogP contribution in [0.5, 0.6) is 5.75 Å². The first-order chi connectivity index (χ1) is 8.66. The second kappa shape index (κ2) is 5.31. The van der Waals surface area contributed by atoms with Gasteiger partial charge in [0.05, 0.1) is 5.56 Å².